The van der Waals surface area contributed by atoms with Gasteiger partial charge >= 0.3 is 0 Å². The van der Waals surface area contributed by atoms with E-state index >= 15 is 0 Å². The summed E-state index contributed by atoms with van der Waals surface area (Å²) in [5, 5.41) is 5.15. The fourth-order valence-corrected chi connectivity index (χ4v) is 2.88. The summed E-state index contributed by atoms with van der Waals surface area (Å²) in [5.41, 5.74) is 0.833. The van der Waals surface area contributed by atoms with Crippen LogP contribution in [-0.4, -0.2) is 28.8 Å². The van der Waals surface area contributed by atoms with Crippen LogP contribution in [0.2, 0.25) is 0 Å². The maximum Gasteiger partial charge on any atom is 0.290 e. The molecule has 1 atom stereocenters. The van der Waals surface area contributed by atoms with Crippen LogP contribution < -0.4 is 15.4 Å². The molecule has 1 fully saturated rings. The number of carbonyl (C=O) groups is 2. The Labute approximate surface area is 149 Å². The number of nitrogens with zero attached hydrogens (tertiary/aromatic N) is 1. The van der Waals surface area contributed by atoms with Crippen LogP contribution in [0.1, 0.15) is 12.5 Å². The first-order chi connectivity index (χ1) is 12.1. The molecule has 7 heteroatoms. The predicted molar refractivity (Wildman–Crippen MR) is 98.4 cm³/mol. The number of aromatic nitrogens is 1. The van der Waals surface area contributed by atoms with E-state index in [9.17, 15) is 9.59 Å². The van der Waals surface area contributed by atoms with Gasteiger partial charge in [-0.25, -0.2) is 4.98 Å². The molecule has 2 aromatic rings. The molecule has 1 saturated heterocycles. The lowest BCUT2D eigenvalue weighted by Crippen LogP contribution is -2.23. The molecule has 0 aliphatic carbocycles. The number of ether oxygens (including phenoxy) is 1. The normalized spacial score (nSPS) is 16.6. The lowest BCUT2D eigenvalue weighted by atomic mass is 10.2. The van der Waals surface area contributed by atoms with Crippen molar-refractivity contribution in [3.05, 3.63) is 59.1 Å². The molecule has 0 bridgehead atoms. The summed E-state index contributed by atoms with van der Waals surface area (Å²) in [6.07, 6.45) is 3.42. The van der Waals surface area contributed by atoms with Gasteiger partial charge in [0.05, 0.1) is 10.9 Å². The third-order valence-electron chi connectivity index (χ3n) is 3.38. The number of rotatable bonds is 6. The van der Waals surface area contributed by atoms with Gasteiger partial charge in [0.15, 0.2) is 0 Å². The molecule has 25 heavy (non-hydrogen) atoms. The Balaban J connectivity index is 1.53. The van der Waals surface area contributed by atoms with E-state index in [2.05, 4.69) is 15.6 Å². The van der Waals surface area contributed by atoms with Crippen molar-refractivity contribution < 1.29 is 14.3 Å². The van der Waals surface area contributed by atoms with Crippen LogP contribution in [0, 0.1) is 0 Å². The largest absolute Gasteiger partial charge is 0.491 e. The minimum atomic E-state index is -0.357. The first-order valence-corrected chi connectivity index (χ1v) is 8.57. The Morgan fingerprint density at radius 3 is 2.68 bits per heavy atom. The molecule has 128 valence electrons. The summed E-state index contributed by atoms with van der Waals surface area (Å²) in [7, 11) is 0. The SMILES string of the molecule is C[C@H](COc1ccc(/C=C2\SC(=O)NC2=O)cc1)Nc1ccccn1. The van der Waals surface area contributed by atoms with E-state index in [-0.39, 0.29) is 17.2 Å². The zero-order valence-corrected chi connectivity index (χ0v) is 14.4. The average molecular weight is 355 g/mol. The third kappa shape index (κ3) is 4.84. The molecule has 1 aromatic carbocycles. The van der Waals surface area contributed by atoms with Crippen LogP contribution in [0.15, 0.2) is 53.6 Å². The topological polar surface area (TPSA) is 80.3 Å². The van der Waals surface area contributed by atoms with Crippen molar-refractivity contribution in [1.29, 1.82) is 0 Å². The van der Waals surface area contributed by atoms with Gasteiger partial charge in [-0.3, -0.25) is 14.9 Å². The standard InChI is InChI=1S/C18H17N3O3S/c1-12(20-16-4-2-3-9-19-16)11-24-14-7-5-13(6-8-14)10-15-17(22)21-18(23)25-15/h2-10,12H,11H2,1H3,(H,19,20)(H,21,22,23)/b15-10-/t12-/m1/s1. The van der Waals surface area contributed by atoms with Gasteiger partial charge in [0.25, 0.3) is 11.1 Å². The van der Waals surface area contributed by atoms with E-state index in [1.165, 1.54) is 0 Å². The highest BCUT2D eigenvalue weighted by molar-refractivity contribution is 8.18. The van der Waals surface area contributed by atoms with Crippen LogP contribution in [0.4, 0.5) is 10.6 Å². The fourth-order valence-electron chi connectivity index (χ4n) is 2.20. The molecule has 2 N–H and O–H groups in total. The first-order valence-electron chi connectivity index (χ1n) is 7.75. The second kappa shape index (κ2) is 7.85. The molecule has 0 saturated carbocycles. The van der Waals surface area contributed by atoms with E-state index in [4.69, 9.17) is 4.74 Å². The summed E-state index contributed by atoms with van der Waals surface area (Å²) in [4.78, 5) is 27.3. The van der Waals surface area contributed by atoms with Crippen molar-refractivity contribution in [2.75, 3.05) is 11.9 Å². The van der Waals surface area contributed by atoms with E-state index in [0.29, 0.717) is 11.5 Å². The lowest BCUT2D eigenvalue weighted by Gasteiger charge is -2.15. The van der Waals surface area contributed by atoms with Crippen molar-refractivity contribution >= 4 is 34.8 Å². The van der Waals surface area contributed by atoms with Gasteiger partial charge in [-0.05, 0) is 54.6 Å². The van der Waals surface area contributed by atoms with Crippen LogP contribution in [-0.2, 0) is 4.79 Å². The zero-order chi connectivity index (χ0) is 17.6. The van der Waals surface area contributed by atoms with E-state index in [1.54, 1.807) is 12.3 Å². The number of hydrogen-bond donors (Lipinski definition) is 2. The molecule has 0 unspecified atom stereocenters. The second-order valence-corrected chi connectivity index (χ2v) is 6.51. The molecule has 1 aromatic heterocycles. The Hall–Kier alpha value is -2.80. The Bertz CT molecular complexity index is 791. The molecule has 3 rings (SSSR count). The number of anilines is 1. The lowest BCUT2D eigenvalue weighted by molar-refractivity contribution is -0.115. The number of nitrogens with one attached hydrogen (secondary N) is 2. The number of imide groups is 1. The summed E-state index contributed by atoms with van der Waals surface area (Å²) >= 11 is 0.904. The smallest absolute Gasteiger partial charge is 0.290 e. The second-order valence-electron chi connectivity index (χ2n) is 5.49. The molecule has 2 amide bonds. The molecule has 0 radical (unpaired) electrons. The number of amides is 2. The van der Waals surface area contributed by atoms with Gasteiger partial charge in [0.2, 0.25) is 0 Å². The number of pyridine rings is 1. The van der Waals surface area contributed by atoms with E-state index in [0.717, 1.165) is 28.9 Å². The molecule has 0 spiro atoms. The minimum Gasteiger partial charge on any atom is -0.491 e. The van der Waals surface area contributed by atoms with E-state index < -0.39 is 0 Å². The minimum absolute atomic E-state index is 0.0984. The highest BCUT2D eigenvalue weighted by atomic mass is 32.2. The average Bonchev–Trinajstić information content (AvgIpc) is 2.92. The van der Waals surface area contributed by atoms with Gasteiger partial charge in [0, 0.05) is 6.20 Å². The van der Waals surface area contributed by atoms with Crippen LogP contribution in [0.3, 0.4) is 0 Å². The van der Waals surface area contributed by atoms with Gasteiger partial charge in [0.1, 0.15) is 18.2 Å². The molecule has 6 nitrogen and oxygen atoms in total. The number of benzene rings is 1. The van der Waals surface area contributed by atoms with Gasteiger partial charge in [-0.15, -0.1) is 0 Å². The first kappa shape index (κ1) is 17.0. The monoisotopic (exact) mass is 355 g/mol. The zero-order valence-electron chi connectivity index (χ0n) is 13.6. The highest BCUT2D eigenvalue weighted by Gasteiger charge is 2.24. The van der Waals surface area contributed by atoms with Crippen molar-refractivity contribution in [1.82, 2.24) is 10.3 Å². The van der Waals surface area contributed by atoms with Crippen molar-refractivity contribution in [2.45, 2.75) is 13.0 Å². The van der Waals surface area contributed by atoms with Crippen molar-refractivity contribution in [3.8, 4) is 5.75 Å². The fraction of sp³-hybridized carbons (Fsp3) is 0.167. The Morgan fingerprint density at radius 2 is 2.04 bits per heavy atom. The molecule has 2 heterocycles. The number of carbonyl (C=O) groups excluding carboxylic acids is 2. The van der Waals surface area contributed by atoms with Gasteiger partial charge in [-0.1, -0.05) is 18.2 Å². The van der Waals surface area contributed by atoms with Crippen LogP contribution in [0.5, 0.6) is 5.75 Å². The third-order valence-corrected chi connectivity index (χ3v) is 4.19. The van der Waals surface area contributed by atoms with Crippen molar-refractivity contribution in [2.24, 2.45) is 0 Å². The number of thioether (sulfide) groups is 1. The Kier molecular flexibility index (Phi) is 5.35. The van der Waals surface area contributed by atoms with Crippen LogP contribution in [0.25, 0.3) is 6.08 Å². The quantitative estimate of drug-likeness (QED) is 0.774. The maximum atomic E-state index is 11.5. The van der Waals surface area contributed by atoms with Crippen LogP contribution >= 0.6 is 11.8 Å². The highest BCUT2D eigenvalue weighted by Crippen LogP contribution is 2.26. The summed E-state index contributed by atoms with van der Waals surface area (Å²) < 4.78 is 5.75. The van der Waals surface area contributed by atoms with Gasteiger partial charge < -0.3 is 10.1 Å². The number of hydrogen-bond acceptors (Lipinski definition) is 6. The van der Waals surface area contributed by atoms with Gasteiger partial charge in [-0.2, -0.15) is 0 Å². The summed E-state index contributed by atoms with van der Waals surface area (Å²) in [6, 6.07) is 13.1. The summed E-state index contributed by atoms with van der Waals surface area (Å²) in [6.45, 7) is 2.50. The summed E-state index contributed by atoms with van der Waals surface area (Å²) in [5.74, 6) is 1.18. The Morgan fingerprint density at radius 1 is 1.24 bits per heavy atom. The maximum absolute atomic E-state index is 11.5. The van der Waals surface area contributed by atoms with Crippen molar-refractivity contribution in [3.63, 3.8) is 0 Å². The molecule has 1 aliphatic rings. The molecule has 1 aliphatic heterocycles. The molecular weight excluding hydrogens is 338 g/mol. The molecular formula is C18H17N3O3S. The predicted octanol–water partition coefficient (Wildman–Crippen LogP) is 3.28. The van der Waals surface area contributed by atoms with E-state index in [1.807, 2.05) is 49.4 Å².